The number of methoxy groups -OCH3 is 2. The van der Waals surface area contributed by atoms with E-state index in [1.54, 1.807) is 55.5 Å². The van der Waals surface area contributed by atoms with Crippen LogP contribution >= 0.6 is 0 Å². The van der Waals surface area contributed by atoms with Gasteiger partial charge in [0.25, 0.3) is 0 Å². The number of carbonyl (C=O) groups is 2. The van der Waals surface area contributed by atoms with E-state index in [-0.39, 0.29) is 0 Å². The molecule has 0 aliphatic heterocycles. The predicted molar refractivity (Wildman–Crippen MR) is 100 cm³/mol. The summed E-state index contributed by atoms with van der Waals surface area (Å²) in [5.41, 5.74) is 9.72. The van der Waals surface area contributed by atoms with Gasteiger partial charge in [0.1, 0.15) is 23.0 Å². The largest absolute Gasteiger partial charge is 0.496 e. The Morgan fingerprint density at radius 2 is 1.26 bits per heavy atom. The lowest BCUT2D eigenvalue weighted by atomic mass is 9.70. The van der Waals surface area contributed by atoms with E-state index in [1.165, 1.54) is 14.2 Å². The van der Waals surface area contributed by atoms with Crippen LogP contribution in [0.4, 0.5) is 0 Å². The number of aliphatic hydroxyl groups is 1. The first-order chi connectivity index (χ1) is 12.8. The van der Waals surface area contributed by atoms with E-state index in [0.29, 0.717) is 22.6 Å². The molecular formula is C20H24N2O5. The van der Waals surface area contributed by atoms with Crippen molar-refractivity contribution in [3.05, 3.63) is 59.7 Å². The van der Waals surface area contributed by atoms with Gasteiger partial charge in [0, 0.05) is 17.0 Å². The molecule has 0 saturated heterocycles. The molecule has 7 nitrogen and oxygen atoms in total. The molecule has 2 rings (SSSR count). The summed E-state index contributed by atoms with van der Waals surface area (Å²) in [4.78, 5) is 23.9. The smallest absolute Gasteiger partial charge is 0.230 e. The second-order valence-electron chi connectivity index (χ2n) is 6.24. The summed E-state index contributed by atoms with van der Waals surface area (Å²) in [6.07, 6.45) is 0. The molecular weight excluding hydrogens is 348 g/mol. The lowest BCUT2D eigenvalue weighted by Crippen LogP contribution is -2.48. The summed E-state index contributed by atoms with van der Waals surface area (Å²) < 4.78 is 10.8. The van der Waals surface area contributed by atoms with Crippen molar-refractivity contribution in [3.63, 3.8) is 0 Å². The number of primary amides is 2. The number of ether oxygens (including phenoxy) is 2. The predicted octanol–water partition coefficient (Wildman–Crippen LogP) is 1.16. The van der Waals surface area contributed by atoms with E-state index in [0.717, 1.165) is 0 Å². The van der Waals surface area contributed by atoms with Crippen molar-refractivity contribution >= 4 is 11.8 Å². The van der Waals surface area contributed by atoms with Gasteiger partial charge in [-0.2, -0.15) is 0 Å². The number of benzene rings is 2. The Labute approximate surface area is 157 Å². The second-order valence-corrected chi connectivity index (χ2v) is 6.24. The Morgan fingerprint density at radius 3 is 1.59 bits per heavy atom. The van der Waals surface area contributed by atoms with E-state index in [9.17, 15) is 14.7 Å². The van der Waals surface area contributed by atoms with Crippen LogP contribution in [0.5, 0.6) is 11.5 Å². The van der Waals surface area contributed by atoms with Crippen LogP contribution in [0.2, 0.25) is 0 Å². The molecule has 0 unspecified atom stereocenters. The van der Waals surface area contributed by atoms with E-state index in [4.69, 9.17) is 20.9 Å². The van der Waals surface area contributed by atoms with Crippen LogP contribution in [0, 0.1) is 11.8 Å². The summed E-state index contributed by atoms with van der Waals surface area (Å²) in [5, 5.41) is 11.9. The van der Waals surface area contributed by atoms with Crippen molar-refractivity contribution in [2.24, 2.45) is 23.3 Å². The van der Waals surface area contributed by atoms with E-state index < -0.39 is 29.3 Å². The molecule has 0 radical (unpaired) electrons. The zero-order valence-electron chi connectivity index (χ0n) is 15.5. The van der Waals surface area contributed by atoms with E-state index in [2.05, 4.69) is 0 Å². The molecule has 7 heteroatoms. The minimum Gasteiger partial charge on any atom is -0.496 e. The minimum absolute atomic E-state index is 0.358. The number of nitrogens with two attached hydrogens (primary N) is 2. The van der Waals surface area contributed by atoms with Gasteiger partial charge >= 0.3 is 0 Å². The number of hydrogen-bond donors (Lipinski definition) is 3. The maximum atomic E-state index is 11.9. The molecule has 5 N–H and O–H groups in total. The number of carbonyl (C=O) groups excluding carboxylic acids is 2. The number of hydrogen-bond acceptors (Lipinski definition) is 5. The van der Waals surface area contributed by atoms with Crippen molar-refractivity contribution in [1.82, 2.24) is 0 Å². The van der Waals surface area contributed by atoms with Crippen LogP contribution in [0.1, 0.15) is 18.1 Å². The second kappa shape index (κ2) is 8.09. The Bertz CT molecular complexity index is 775. The maximum Gasteiger partial charge on any atom is 0.230 e. The molecule has 27 heavy (non-hydrogen) atoms. The third kappa shape index (κ3) is 3.59. The quantitative estimate of drug-likeness (QED) is 0.600. The van der Waals surface area contributed by atoms with Gasteiger partial charge in [-0.1, -0.05) is 43.3 Å². The molecule has 1 atom stereocenters. The van der Waals surface area contributed by atoms with Gasteiger partial charge in [-0.15, -0.1) is 0 Å². The van der Waals surface area contributed by atoms with Gasteiger partial charge in [-0.3, -0.25) is 9.59 Å². The monoisotopic (exact) mass is 372 g/mol. The van der Waals surface area contributed by atoms with E-state index >= 15 is 0 Å². The third-order valence-corrected chi connectivity index (χ3v) is 4.81. The molecule has 2 aromatic rings. The number of rotatable bonds is 8. The Balaban J connectivity index is 2.83. The molecule has 0 heterocycles. The standard InChI is InChI=1S/C20H24N2O5/c1-12(17(18(21)23)19(22)24)20(25,13-8-4-6-10-15(13)26-2)14-9-5-7-11-16(14)27-3/h4-12,17,25H,1-3H3,(H2,21,23)(H2,22,24)/t12-/m1/s1. The normalized spacial score (nSPS) is 12.5. The highest BCUT2D eigenvalue weighted by Gasteiger charge is 2.48. The van der Waals surface area contributed by atoms with Crippen LogP contribution in [-0.4, -0.2) is 31.1 Å². The molecule has 0 aliphatic carbocycles. The van der Waals surface area contributed by atoms with Crippen molar-refractivity contribution < 1.29 is 24.2 Å². The van der Waals surface area contributed by atoms with Crippen LogP contribution in [0.25, 0.3) is 0 Å². The molecule has 2 amide bonds. The van der Waals surface area contributed by atoms with E-state index in [1.807, 2.05) is 0 Å². The van der Waals surface area contributed by atoms with Gasteiger partial charge in [0.05, 0.1) is 14.2 Å². The highest BCUT2D eigenvalue weighted by Crippen LogP contribution is 2.46. The molecule has 144 valence electrons. The molecule has 0 bridgehead atoms. The zero-order valence-corrected chi connectivity index (χ0v) is 15.5. The Kier molecular flexibility index (Phi) is 6.07. The molecule has 2 aromatic carbocycles. The van der Waals surface area contributed by atoms with Gasteiger partial charge in [-0.25, -0.2) is 0 Å². The minimum atomic E-state index is -1.84. The fourth-order valence-corrected chi connectivity index (χ4v) is 3.43. The first-order valence-corrected chi connectivity index (χ1v) is 8.37. The highest BCUT2D eigenvalue weighted by atomic mass is 16.5. The summed E-state index contributed by atoms with van der Waals surface area (Å²) >= 11 is 0. The van der Waals surface area contributed by atoms with Gasteiger partial charge < -0.3 is 26.0 Å². The lowest BCUT2D eigenvalue weighted by molar-refractivity contribution is -0.138. The average molecular weight is 372 g/mol. The zero-order chi connectivity index (χ0) is 20.2. The summed E-state index contributed by atoms with van der Waals surface area (Å²) in [5.74, 6) is -3.49. The van der Waals surface area contributed by atoms with Crippen molar-refractivity contribution in [2.75, 3.05) is 14.2 Å². The topological polar surface area (TPSA) is 125 Å². The van der Waals surface area contributed by atoms with Gasteiger partial charge in [0.2, 0.25) is 11.8 Å². The molecule has 0 fully saturated rings. The molecule has 0 spiro atoms. The number of para-hydroxylation sites is 2. The lowest BCUT2D eigenvalue weighted by Gasteiger charge is -2.39. The van der Waals surface area contributed by atoms with Gasteiger partial charge in [0.15, 0.2) is 0 Å². The first-order valence-electron chi connectivity index (χ1n) is 8.37. The fourth-order valence-electron chi connectivity index (χ4n) is 3.43. The SMILES string of the molecule is COc1ccccc1C(O)(c1ccccc1OC)[C@H](C)C(C(N)=O)C(N)=O. The van der Waals surface area contributed by atoms with Crippen molar-refractivity contribution in [3.8, 4) is 11.5 Å². The first kappa shape index (κ1) is 20.3. The van der Waals surface area contributed by atoms with Crippen LogP contribution in [0.15, 0.2) is 48.5 Å². The molecule has 0 aliphatic rings. The highest BCUT2D eigenvalue weighted by molar-refractivity contribution is 5.99. The summed E-state index contributed by atoms with van der Waals surface area (Å²) in [7, 11) is 2.93. The van der Waals surface area contributed by atoms with Crippen LogP contribution in [-0.2, 0) is 15.2 Å². The Hall–Kier alpha value is -3.06. The molecule has 0 saturated carbocycles. The average Bonchev–Trinajstić information content (AvgIpc) is 2.66. The number of amides is 2. The molecule has 0 aromatic heterocycles. The maximum absolute atomic E-state index is 11.9. The van der Waals surface area contributed by atoms with Crippen molar-refractivity contribution in [2.45, 2.75) is 12.5 Å². The summed E-state index contributed by atoms with van der Waals surface area (Å²) in [6, 6.07) is 13.6. The fraction of sp³-hybridized carbons (Fsp3) is 0.300. The van der Waals surface area contributed by atoms with Crippen LogP contribution < -0.4 is 20.9 Å². The van der Waals surface area contributed by atoms with Crippen LogP contribution in [0.3, 0.4) is 0 Å². The summed E-state index contributed by atoms with van der Waals surface area (Å²) in [6.45, 7) is 1.54. The third-order valence-electron chi connectivity index (χ3n) is 4.81. The van der Waals surface area contributed by atoms with Crippen molar-refractivity contribution in [1.29, 1.82) is 0 Å². The Morgan fingerprint density at radius 1 is 0.889 bits per heavy atom. The van der Waals surface area contributed by atoms with Gasteiger partial charge in [-0.05, 0) is 12.1 Å².